The minimum absolute atomic E-state index is 0.0183. The highest BCUT2D eigenvalue weighted by atomic mass is 16.5. The standard InChI is InChI=1S/C18H24N4O3/c1-12-15(9-20-25-12)18(23)22-6-5-17(24-11-13-3-4-13)16(22)7-14-8-19-21(2)10-14/h8-10,13,16-17H,3-7,11H2,1-2H3/t16-,17+/m1/s1. The molecular formula is C18H24N4O3. The Balaban J connectivity index is 1.53. The van der Waals surface area contributed by atoms with Crippen LogP contribution in [0.1, 0.15) is 40.9 Å². The van der Waals surface area contributed by atoms with Gasteiger partial charge in [-0.3, -0.25) is 9.48 Å². The van der Waals surface area contributed by atoms with Crippen molar-refractivity contribution >= 4 is 5.91 Å². The van der Waals surface area contributed by atoms with E-state index in [1.165, 1.54) is 19.0 Å². The lowest BCUT2D eigenvalue weighted by Gasteiger charge is -2.28. The highest BCUT2D eigenvalue weighted by molar-refractivity contribution is 5.95. The number of ether oxygens (including phenoxy) is 1. The Labute approximate surface area is 146 Å². The zero-order chi connectivity index (χ0) is 17.4. The predicted octanol–water partition coefficient (Wildman–Crippen LogP) is 1.97. The van der Waals surface area contributed by atoms with Crippen LogP contribution in [-0.4, -0.2) is 51.0 Å². The van der Waals surface area contributed by atoms with Gasteiger partial charge in [0.05, 0.1) is 24.5 Å². The molecule has 2 aromatic rings. The molecule has 3 heterocycles. The lowest BCUT2D eigenvalue weighted by molar-refractivity contribution is 0.0199. The van der Waals surface area contributed by atoms with Crippen molar-refractivity contribution in [3.8, 4) is 0 Å². The molecule has 2 atom stereocenters. The fourth-order valence-electron chi connectivity index (χ4n) is 3.54. The first-order chi connectivity index (χ1) is 12.1. The lowest BCUT2D eigenvalue weighted by Crippen LogP contribution is -2.42. The third-order valence-corrected chi connectivity index (χ3v) is 5.17. The van der Waals surface area contributed by atoms with Crippen molar-refractivity contribution in [3.05, 3.63) is 35.5 Å². The molecule has 1 aliphatic heterocycles. The highest BCUT2D eigenvalue weighted by Crippen LogP contribution is 2.32. The van der Waals surface area contributed by atoms with Crippen LogP contribution in [0.15, 0.2) is 23.1 Å². The number of hydrogen-bond acceptors (Lipinski definition) is 5. The fraction of sp³-hybridized carbons (Fsp3) is 0.611. The van der Waals surface area contributed by atoms with Crippen LogP contribution < -0.4 is 0 Å². The SMILES string of the molecule is Cc1oncc1C(=O)N1CC[C@H](OCC2CC2)[C@H]1Cc1cnn(C)c1. The number of aryl methyl sites for hydroxylation is 2. The quantitative estimate of drug-likeness (QED) is 0.801. The zero-order valence-electron chi connectivity index (χ0n) is 14.7. The van der Waals surface area contributed by atoms with Crippen molar-refractivity contribution in [1.82, 2.24) is 19.8 Å². The number of aromatic nitrogens is 3. The van der Waals surface area contributed by atoms with Gasteiger partial charge >= 0.3 is 0 Å². The maximum Gasteiger partial charge on any atom is 0.259 e. The molecule has 25 heavy (non-hydrogen) atoms. The van der Waals surface area contributed by atoms with Crippen LogP contribution in [0.25, 0.3) is 0 Å². The van der Waals surface area contributed by atoms with Crippen molar-refractivity contribution in [3.63, 3.8) is 0 Å². The Morgan fingerprint density at radius 1 is 1.36 bits per heavy atom. The van der Waals surface area contributed by atoms with Gasteiger partial charge in [-0.1, -0.05) is 5.16 Å². The molecule has 7 nitrogen and oxygen atoms in total. The third-order valence-electron chi connectivity index (χ3n) is 5.17. The van der Waals surface area contributed by atoms with Gasteiger partial charge in [0.15, 0.2) is 0 Å². The Bertz CT molecular complexity index is 749. The van der Waals surface area contributed by atoms with Crippen LogP contribution in [0.4, 0.5) is 0 Å². The first kappa shape index (κ1) is 16.3. The Morgan fingerprint density at radius 2 is 2.20 bits per heavy atom. The van der Waals surface area contributed by atoms with Crippen molar-refractivity contribution in [2.24, 2.45) is 13.0 Å². The van der Waals surface area contributed by atoms with E-state index < -0.39 is 0 Å². The molecular weight excluding hydrogens is 320 g/mol. The number of amides is 1. The lowest BCUT2D eigenvalue weighted by atomic mass is 10.0. The van der Waals surface area contributed by atoms with Crippen LogP contribution in [0.5, 0.6) is 0 Å². The average Bonchev–Trinajstić information content (AvgIpc) is 2.97. The summed E-state index contributed by atoms with van der Waals surface area (Å²) >= 11 is 0. The van der Waals surface area contributed by atoms with Crippen LogP contribution in [-0.2, 0) is 18.2 Å². The van der Waals surface area contributed by atoms with E-state index in [0.29, 0.717) is 23.8 Å². The molecule has 0 bridgehead atoms. The monoisotopic (exact) mass is 344 g/mol. The summed E-state index contributed by atoms with van der Waals surface area (Å²) in [4.78, 5) is 14.9. The van der Waals surface area contributed by atoms with Gasteiger partial charge < -0.3 is 14.2 Å². The molecule has 7 heteroatoms. The van der Waals surface area contributed by atoms with Crippen LogP contribution in [0.2, 0.25) is 0 Å². The molecule has 2 aliphatic rings. The van der Waals surface area contributed by atoms with Gasteiger partial charge in [0, 0.05) is 26.4 Å². The van der Waals surface area contributed by atoms with Crippen LogP contribution in [0, 0.1) is 12.8 Å². The molecule has 4 rings (SSSR count). The van der Waals surface area contributed by atoms with Crippen molar-refractivity contribution < 1.29 is 14.1 Å². The van der Waals surface area contributed by atoms with Gasteiger partial charge in [-0.2, -0.15) is 5.10 Å². The summed E-state index contributed by atoms with van der Waals surface area (Å²) in [5.74, 6) is 1.25. The molecule has 1 saturated heterocycles. The Morgan fingerprint density at radius 3 is 2.84 bits per heavy atom. The molecule has 134 valence electrons. The minimum Gasteiger partial charge on any atom is -0.376 e. The van der Waals surface area contributed by atoms with Gasteiger partial charge in [0.2, 0.25) is 0 Å². The van der Waals surface area contributed by atoms with Crippen molar-refractivity contribution in [2.45, 2.75) is 44.8 Å². The van der Waals surface area contributed by atoms with E-state index >= 15 is 0 Å². The van der Waals surface area contributed by atoms with E-state index in [0.717, 1.165) is 25.0 Å². The summed E-state index contributed by atoms with van der Waals surface area (Å²) in [5, 5.41) is 8.00. The molecule has 2 fully saturated rings. The van der Waals surface area contributed by atoms with E-state index in [1.807, 2.05) is 24.3 Å². The van der Waals surface area contributed by atoms with Crippen LogP contribution >= 0.6 is 0 Å². The smallest absolute Gasteiger partial charge is 0.259 e. The Kier molecular flexibility index (Phi) is 4.33. The molecule has 2 aromatic heterocycles. The highest BCUT2D eigenvalue weighted by Gasteiger charge is 2.40. The van der Waals surface area contributed by atoms with Crippen molar-refractivity contribution in [1.29, 1.82) is 0 Å². The minimum atomic E-state index is -0.0230. The molecule has 1 amide bonds. The summed E-state index contributed by atoms with van der Waals surface area (Å²) < 4.78 is 13.1. The summed E-state index contributed by atoms with van der Waals surface area (Å²) in [6, 6.07) is 0.0183. The second kappa shape index (κ2) is 6.63. The van der Waals surface area contributed by atoms with E-state index in [9.17, 15) is 4.79 Å². The van der Waals surface area contributed by atoms with Gasteiger partial charge in [-0.25, -0.2) is 0 Å². The molecule has 0 unspecified atom stereocenters. The maximum absolute atomic E-state index is 13.0. The third kappa shape index (κ3) is 3.46. The zero-order valence-corrected chi connectivity index (χ0v) is 14.7. The summed E-state index contributed by atoms with van der Waals surface area (Å²) in [6.07, 6.45) is 9.60. The largest absolute Gasteiger partial charge is 0.376 e. The van der Waals surface area contributed by atoms with Gasteiger partial charge in [-0.15, -0.1) is 0 Å². The van der Waals surface area contributed by atoms with E-state index in [2.05, 4.69) is 10.3 Å². The van der Waals surface area contributed by atoms with Crippen molar-refractivity contribution in [2.75, 3.05) is 13.2 Å². The molecule has 0 N–H and O–H groups in total. The summed E-state index contributed by atoms with van der Waals surface area (Å²) in [7, 11) is 1.91. The normalized spacial score (nSPS) is 23.4. The molecule has 0 radical (unpaired) electrons. The van der Waals surface area contributed by atoms with E-state index in [1.54, 1.807) is 11.6 Å². The van der Waals surface area contributed by atoms with Gasteiger partial charge in [-0.05, 0) is 44.1 Å². The van der Waals surface area contributed by atoms with Crippen LogP contribution in [0.3, 0.4) is 0 Å². The van der Waals surface area contributed by atoms with Gasteiger partial charge in [0.1, 0.15) is 11.3 Å². The number of carbonyl (C=O) groups is 1. The fourth-order valence-corrected chi connectivity index (χ4v) is 3.54. The van der Waals surface area contributed by atoms with E-state index in [4.69, 9.17) is 9.26 Å². The average molecular weight is 344 g/mol. The predicted molar refractivity (Wildman–Crippen MR) is 90.1 cm³/mol. The maximum atomic E-state index is 13.0. The summed E-state index contributed by atoms with van der Waals surface area (Å²) in [6.45, 7) is 3.28. The number of carbonyl (C=O) groups excluding carboxylic acids is 1. The topological polar surface area (TPSA) is 73.4 Å². The first-order valence-corrected chi connectivity index (χ1v) is 8.93. The molecule has 0 aromatic carbocycles. The van der Waals surface area contributed by atoms with Gasteiger partial charge in [0.25, 0.3) is 5.91 Å². The number of likely N-dealkylation sites (tertiary alicyclic amines) is 1. The van der Waals surface area contributed by atoms with E-state index in [-0.39, 0.29) is 18.1 Å². The second-order valence-corrected chi connectivity index (χ2v) is 7.19. The summed E-state index contributed by atoms with van der Waals surface area (Å²) in [5.41, 5.74) is 1.66. The molecule has 1 saturated carbocycles. The molecule has 0 spiro atoms. The number of rotatable bonds is 6. The second-order valence-electron chi connectivity index (χ2n) is 7.19. The molecule has 1 aliphatic carbocycles. The first-order valence-electron chi connectivity index (χ1n) is 8.93. The number of hydrogen-bond donors (Lipinski definition) is 0. The number of nitrogens with zero attached hydrogens (tertiary/aromatic N) is 4. The Hall–Kier alpha value is -2.15.